The minimum Gasteiger partial charge on any atom is -0.341 e. The largest absolute Gasteiger partial charge is 0.341 e. The second-order valence-corrected chi connectivity index (χ2v) is 10.4. The normalized spacial score (nSPS) is 68.0. The van der Waals surface area contributed by atoms with E-state index >= 15 is 0 Å². The molecule has 0 radical (unpaired) electrons. The maximum Gasteiger partial charge on any atom is 0.164 e. The second-order valence-electron chi connectivity index (χ2n) is 6.23. The minimum atomic E-state index is -0.361. The Morgan fingerprint density at radius 3 is 1.47 bits per heavy atom. The maximum atomic E-state index is 6.29. The molecular formula is C11H14I2O2. The molecule has 0 amide bonds. The van der Waals surface area contributed by atoms with E-state index in [0.717, 1.165) is 0 Å². The van der Waals surface area contributed by atoms with Crippen molar-refractivity contribution in [3.05, 3.63) is 0 Å². The predicted octanol–water partition coefficient (Wildman–Crippen LogP) is 3.20. The molecule has 5 fully saturated rings. The van der Waals surface area contributed by atoms with Gasteiger partial charge in [0.05, 0.1) is 0 Å². The molecule has 1 aliphatic heterocycles. The smallest absolute Gasteiger partial charge is 0.164 e. The van der Waals surface area contributed by atoms with Crippen LogP contribution in [0.15, 0.2) is 0 Å². The molecule has 5 rings (SSSR count). The lowest BCUT2D eigenvalue weighted by atomic mass is 9.90. The number of alkyl halides is 2. The Morgan fingerprint density at radius 2 is 1.13 bits per heavy atom. The Morgan fingerprint density at radius 1 is 0.800 bits per heavy atom. The topological polar surface area (TPSA) is 18.5 Å². The van der Waals surface area contributed by atoms with Crippen molar-refractivity contribution in [1.29, 1.82) is 0 Å². The van der Waals surface area contributed by atoms with Crippen molar-refractivity contribution >= 4 is 45.2 Å². The Bertz CT molecular complexity index is 320. The molecule has 0 aromatic carbocycles. The fourth-order valence-corrected chi connectivity index (χ4v) is 7.86. The monoisotopic (exact) mass is 432 g/mol. The van der Waals surface area contributed by atoms with Gasteiger partial charge >= 0.3 is 0 Å². The zero-order chi connectivity index (χ0) is 10.7. The van der Waals surface area contributed by atoms with Crippen molar-refractivity contribution in [1.82, 2.24) is 0 Å². The molecule has 15 heavy (non-hydrogen) atoms. The Hall–Kier alpha value is 1.38. The molecule has 0 aromatic heterocycles. The van der Waals surface area contributed by atoms with Gasteiger partial charge in [0.25, 0.3) is 0 Å². The highest BCUT2D eigenvalue weighted by atomic mass is 127. The third-order valence-electron chi connectivity index (χ3n) is 4.78. The van der Waals surface area contributed by atoms with Crippen LogP contribution >= 0.6 is 45.2 Å². The van der Waals surface area contributed by atoms with Crippen LogP contribution in [0.2, 0.25) is 0 Å². The number of hydrogen-bond donors (Lipinski definition) is 0. The molecule has 84 valence electrons. The van der Waals surface area contributed by atoms with Gasteiger partial charge in [0.2, 0.25) is 0 Å². The zero-order valence-corrected chi connectivity index (χ0v) is 13.2. The molecule has 0 atom stereocenters. The van der Waals surface area contributed by atoms with Gasteiger partial charge in [0.15, 0.2) is 5.79 Å². The zero-order valence-electron chi connectivity index (χ0n) is 8.90. The molecule has 0 N–H and O–H groups in total. The first-order valence-electron chi connectivity index (χ1n) is 5.52. The lowest BCUT2D eigenvalue weighted by Gasteiger charge is -2.29. The molecule has 4 bridgehead atoms. The molecule has 1 saturated heterocycles. The van der Waals surface area contributed by atoms with Gasteiger partial charge in [-0.3, -0.25) is 0 Å². The molecule has 2 nitrogen and oxygen atoms in total. The Kier molecular flexibility index (Phi) is 1.57. The lowest BCUT2D eigenvalue weighted by molar-refractivity contribution is -0.175. The maximum absolute atomic E-state index is 6.29. The molecule has 4 heteroatoms. The van der Waals surface area contributed by atoms with Crippen LogP contribution in [0.3, 0.4) is 0 Å². The van der Waals surface area contributed by atoms with E-state index in [1.807, 2.05) is 0 Å². The van der Waals surface area contributed by atoms with Gasteiger partial charge in [-0.2, -0.15) is 0 Å². The molecule has 5 aliphatic rings. The molecule has 0 aromatic rings. The Balaban J connectivity index is 1.90. The number of ether oxygens (including phenoxy) is 2. The highest BCUT2D eigenvalue weighted by Gasteiger charge is 2.88. The average molecular weight is 432 g/mol. The van der Waals surface area contributed by atoms with E-state index in [9.17, 15) is 0 Å². The summed E-state index contributed by atoms with van der Waals surface area (Å²) in [6.45, 7) is 4.13. The molecule has 2 spiro atoms. The van der Waals surface area contributed by atoms with Crippen LogP contribution in [0.5, 0.6) is 0 Å². The summed E-state index contributed by atoms with van der Waals surface area (Å²) < 4.78 is 13.5. The molecule has 4 aliphatic carbocycles. The number of rotatable bonds is 0. The predicted molar refractivity (Wildman–Crippen MR) is 73.7 cm³/mol. The standard InChI is InChI=1S/C11H14I2O2/c1-7(2)14-10-3-8(12)4-11(10,15-7)6-9(8,13)5-10/h3-6H2,1-2H3. The van der Waals surface area contributed by atoms with Crippen LogP contribution in [0.1, 0.15) is 39.5 Å². The highest BCUT2D eigenvalue weighted by Crippen LogP contribution is 2.82. The van der Waals surface area contributed by atoms with E-state index < -0.39 is 0 Å². The average Bonchev–Trinajstić information content (AvgIpc) is 2.43. The van der Waals surface area contributed by atoms with Gasteiger partial charge in [-0.25, -0.2) is 0 Å². The van der Waals surface area contributed by atoms with Crippen molar-refractivity contribution in [3.8, 4) is 0 Å². The fourth-order valence-electron chi connectivity index (χ4n) is 4.63. The first-order chi connectivity index (χ1) is 6.74. The van der Waals surface area contributed by atoms with Gasteiger partial charge in [-0.05, 0) is 39.5 Å². The van der Waals surface area contributed by atoms with E-state index in [-0.39, 0.29) is 17.0 Å². The summed E-state index contributed by atoms with van der Waals surface area (Å²) in [7, 11) is 0. The first-order valence-corrected chi connectivity index (χ1v) is 7.68. The van der Waals surface area contributed by atoms with Crippen LogP contribution in [0.4, 0.5) is 0 Å². The molecule has 4 saturated carbocycles. The van der Waals surface area contributed by atoms with E-state index in [2.05, 4.69) is 59.0 Å². The number of halogens is 2. The fraction of sp³-hybridized carbons (Fsp3) is 1.00. The summed E-state index contributed by atoms with van der Waals surface area (Å²) in [4.78, 5) is 0. The third-order valence-corrected chi connectivity index (χ3v) is 9.40. The summed E-state index contributed by atoms with van der Waals surface area (Å²) in [6.07, 6.45) is 4.81. The van der Waals surface area contributed by atoms with E-state index in [1.54, 1.807) is 0 Å². The van der Waals surface area contributed by atoms with Crippen molar-refractivity contribution in [2.75, 3.05) is 0 Å². The summed E-state index contributed by atoms with van der Waals surface area (Å²) >= 11 is 5.35. The molecule has 1 heterocycles. The van der Waals surface area contributed by atoms with Crippen molar-refractivity contribution in [3.63, 3.8) is 0 Å². The van der Waals surface area contributed by atoms with Crippen LogP contribution in [-0.2, 0) is 9.47 Å². The van der Waals surface area contributed by atoms with E-state index in [1.165, 1.54) is 25.7 Å². The van der Waals surface area contributed by atoms with Crippen molar-refractivity contribution in [2.45, 2.75) is 63.4 Å². The Labute approximate surface area is 117 Å². The van der Waals surface area contributed by atoms with Crippen LogP contribution in [-0.4, -0.2) is 23.8 Å². The quantitative estimate of drug-likeness (QED) is 0.433. The van der Waals surface area contributed by atoms with Gasteiger partial charge in [-0.15, -0.1) is 0 Å². The summed E-state index contributed by atoms with van der Waals surface area (Å²) in [5.74, 6) is -0.361. The number of hydrogen-bond acceptors (Lipinski definition) is 2. The van der Waals surface area contributed by atoms with Gasteiger partial charge in [0.1, 0.15) is 11.2 Å². The van der Waals surface area contributed by atoms with Crippen molar-refractivity contribution in [2.24, 2.45) is 0 Å². The van der Waals surface area contributed by atoms with Gasteiger partial charge in [0, 0.05) is 6.84 Å². The van der Waals surface area contributed by atoms with Gasteiger partial charge < -0.3 is 9.47 Å². The van der Waals surface area contributed by atoms with Crippen LogP contribution in [0, 0.1) is 0 Å². The van der Waals surface area contributed by atoms with Crippen LogP contribution in [0.25, 0.3) is 0 Å². The first kappa shape index (κ1) is 10.3. The van der Waals surface area contributed by atoms with Gasteiger partial charge in [-0.1, -0.05) is 45.2 Å². The highest BCUT2D eigenvalue weighted by molar-refractivity contribution is 14.1. The lowest BCUT2D eigenvalue weighted by Crippen LogP contribution is -2.41. The minimum absolute atomic E-state index is 0.0544. The second kappa shape index (κ2) is 2.28. The third kappa shape index (κ3) is 0.898. The van der Waals surface area contributed by atoms with E-state index in [0.29, 0.717) is 6.84 Å². The summed E-state index contributed by atoms with van der Waals surface area (Å²) in [6, 6.07) is 0. The summed E-state index contributed by atoms with van der Waals surface area (Å²) in [5, 5.41) is 0. The summed E-state index contributed by atoms with van der Waals surface area (Å²) in [5.41, 5.74) is 0.109. The van der Waals surface area contributed by atoms with Crippen LogP contribution < -0.4 is 0 Å². The molecular weight excluding hydrogens is 418 g/mol. The van der Waals surface area contributed by atoms with E-state index in [4.69, 9.17) is 9.47 Å². The van der Waals surface area contributed by atoms with Crippen molar-refractivity contribution < 1.29 is 9.47 Å². The molecule has 0 unspecified atom stereocenters. The SMILES string of the molecule is CC1(C)OC23CC4(I)CC2(CC4(I)C3)O1.